The first-order chi connectivity index (χ1) is 11.4. The number of ether oxygens (including phenoxy) is 2. The fourth-order valence-electron chi connectivity index (χ4n) is 2.40. The number of nitrogens with zero attached hydrogens (tertiary/aromatic N) is 2. The van der Waals surface area contributed by atoms with Crippen molar-refractivity contribution >= 4 is 21.4 Å². The van der Waals surface area contributed by atoms with Crippen molar-refractivity contribution in [2.24, 2.45) is 0 Å². The fraction of sp³-hybridized carbons (Fsp3) is 0.188. The summed E-state index contributed by atoms with van der Waals surface area (Å²) in [6, 6.07) is 7.84. The minimum absolute atomic E-state index is 0.0745. The smallest absolute Gasteiger partial charge is 0.262 e. The van der Waals surface area contributed by atoms with Crippen molar-refractivity contribution in [3.05, 3.63) is 48.4 Å². The Bertz CT molecular complexity index is 996. The quantitative estimate of drug-likeness (QED) is 0.767. The molecule has 7 nitrogen and oxygen atoms in total. The third-order valence-electron chi connectivity index (χ3n) is 3.51. The molecule has 0 saturated carbocycles. The number of aromatic nitrogens is 2. The second-order valence-electron chi connectivity index (χ2n) is 5.16. The molecule has 8 heteroatoms. The minimum atomic E-state index is -3.79. The second kappa shape index (κ2) is 6.04. The van der Waals surface area contributed by atoms with E-state index in [9.17, 15) is 8.42 Å². The first-order valence-corrected chi connectivity index (χ1v) is 8.62. The molecule has 24 heavy (non-hydrogen) atoms. The average molecular weight is 347 g/mol. The summed E-state index contributed by atoms with van der Waals surface area (Å²) in [5.74, 6) is 0.803. The van der Waals surface area contributed by atoms with Crippen LogP contribution in [0.2, 0.25) is 0 Å². The maximum atomic E-state index is 12.7. The van der Waals surface area contributed by atoms with Crippen molar-refractivity contribution < 1.29 is 17.9 Å². The van der Waals surface area contributed by atoms with Gasteiger partial charge in [0, 0.05) is 18.5 Å². The molecule has 0 unspecified atom stereocenters. The average Bonchev–Trinajstić information content (AvgIpc) is 2.95. The lowest BCUT2D eigenvalue weighted by Gasteiger charge is -2.12. The van der Waals surface area contributed by atoms with E-state index in [1.54, 1.807) is 22.6 Å². The molecular weight excluding hydrogens is 330 g/mol. The number of anilines is 1. The normalized spacial score (nSPS) is 11.5. The van der Waals surface area contributed by atoms with Gasteiger partial charge in [-0.3, -0.25) is 4.72 Å². The Morgan fingerprint density at radius 2 is 1.88 bits per heavy atom. The molecule has 0 aliphatic rings. The van der Waals surface area contributed by atoms with Crippen LogP contribution in [0.15, 0.2) is 47.6 Å². The highest BCUT2D eigenvalue weighted by Crippen LogP contribution is 2.30. The first-order valence-electron chi connectivity index (χ1n) is 7.14. The number of hydrogen-bond donors (Lipinski definition) is 1. The SMILES string of the molecule is COc1ccc(S(=O)(=O)Nc2cccn3cc(C)nc23)cc1OC. The van der Waals surface area contributed by atoms with E-state index in [0.29, 0.717) is 22.8 Å². The Labute approximate surface area is 139 Å². The van der Waals surface area contributed by atoms with Gasteiger partial charge in [0.2, 0.25) is 0 Å². The molecule has 0 bridgehead atoms. The van der Waals surface area contributed by atoms with Crippen LogP contribution in [0.4, 0.5) is 5.69 Å². The highest BCUT2D eigenvalue weighted by molar-refractivity contribution is 7.92. The highest BCUT2D eigenvalue weighted by atomic mass is 32.2. The van der Waals surface area contributed by atoms with Crippen LogP contribution < -0.4 is 14.2 Å². The summed E-state index contributed by atoms with van der Waals surface area (Å²) in [7, 11) is -0.846. The molecule has 0 saturated heterocycles. The van der Waals surface area contributed by atoms with Crippen LogP contribution in [0.3, 0.4) is 0 Å². The number of hydrogen-bond acceptors (Lipinski definition) is 5. The van der Waals surface area contributed by atoms with E-state index in [2.05, 4.69) is 9.71 Å². The van der Waals surface area contributed by atoms with E-state index in [1.165, 1.54) is 26.4 Å². The van der Waals surface area contributed by atoms with Crippen LogP contribution in [-0.2, 0) is 10.0 Å². The monoisotopic (exact) mass is 347 g/mol. The van der Waals surface area contributed by atoms with E-state index in [1.807, 2.05) is 19.3 Å². The number of rotatable bonds is 5. The molecule has 126 valence electrons. The lowest BCUT2D eigenvalue weighted by Crippen LogP contribution is -2.14. The van der Waals surface area contributed by atoms with Crippen LogP contribution >= 0.6 is 0 Å². The van der Waals surface area contributed by atoms with Gasteiger partial charge in [0.15, 0.2) is 17.1 Å². The van der Waals surface area contributed by atoms with Gasteiger partial charge >= 0.3 is 0 Å². The lowest BCUT2D eigenvalue weighted by atomic mass is 10.3. The standard InChI is InChI=1S/C16H17N3O4S/c1-11-10-19-8-4-5-13(16(19)17-11)18-24(20,21)12-6-7-14(22-2)15(9-12)23-3/h4-10,18H,1-3H3. The molecule has 0 fully saturated rings. The van der Waals surface area contributed by atoms with Gasteiger partial charge in [-0.1, -0.05) is 0 Å². The fourth-order valence-corrected chi connectivity index (χ4v) is 3.48. The van der Waals surface area contributed by atoms with Crippen LogP contribution in [-0.4, -0.2) is 32.0 Å². The first kappa shape index (κ1) is 16.1. The van der Waals surface area contributed by atoms with Gasteiger partial charge in [-0.15, -0.1) is 0 Å². The maximum Gasteiger partial charge on any atom is 0.262 e. The second-order valence-corrected chi connectivity index (χ2v) is 6.84. The van der Waals surface area contributed by atoms with Gasteiger partial charge in [0.05, 0.1) is 30.5 Å². The lowest BCUT2D eigenvalue weighted by molar-refractivity contribution is 0.354. The van der Waals surface area contributed by atoms with E-state index in [0.717, 1.165) is 5.69 Å². The molecule has 1 aromatic carbocycles. The number of methoxy groups -OCH3 is 2. The third kappa shape index (κ3) is 2.88. The summed E-state index contributed by atoms with van der Waals surface area (Å²) in [6.45, 7) is 1.85. The summed E-state index contributed by atoms with van der Waals surface area (Å²) in [6.07, 6.45) is 3.63. The van der Waals surface area contributed by atoms with Crippen molar-refractivity contribution in [2.75, 3.05) is 18.9 Å². The number of imidazole rings is 1. The maximum absolute atomic E-state index is 12.7. The summed E-state index contributed by atoms with van der Waals surface area (Å²) in [4.78, 5) is 4.42. The van der Waals surface area contributed by atoms with Gasteiger partial charge in [-0.25, -0.2) is 13.4 Å². The third-order valence-corrected chi connectivity index (χ3v) is 4.88. The van der Waals surface area contributed by atoms with E-state index in [-0.39, 0.29) is 4.90 Å². The molecule has 2 heterocycles. The molecule has 0 aliphatic heterocycles. The molecule has 3 aromatic rings. The predicted octanol–water partition coefficient (Wildman–Crippen LogP) is 2.46. The zero-order valence-electron chi connectivity index (χ0n) is 13.5. The number of nitrogens with one attached hydrogen (secondary N) is 1. The Morgan fingerprint density at radius 3 is 2.58 bits per heavy atom. The highest BCUT2D eigenvalue weighted by Gasteiger charge is 2.19. The zero-order valence-corrected chi connectivity index (χ0v) is 14.3. The summed E-state index contributed by atoms with van der Waals surface area (Å²) in [5, 5.41) is 0. The van der Waals surface area contributed by atoms with Gasteiger partial charge in [0.1, 0.15) is 0 Å². The number of fused-ring (bicyclic) bond motifs is 1. The number of aryl methyl sites for hydroxylation is 1. The van der Waals surface area contributed by atoms with Crippen LogP contribution in [0.25, 0.3) is 5.65 Å². The Balaban J connectivity index is 2.02. The predicted molar refractivity (Wildman–Crippen MR) is 90.3 cm³/mol. The molecule has 0 radical (unpaired) electrons. The molecule has 0 spiro atoms. The van der Waals surface area contributed by atoms with E-state index >= 15 is 0 Å². The number of benzene rings is 1. The molecule has 0 amide bonds. The van der Waals surface area contributed by atoms with Gasteiger partial charge < -0.3 is 13.9 Å². The topological polar surface area (TPSA) is 81.9 Å². The van der Waals surface area contributed by atoms with Gasteiger partial charge in [0.25, 0.3) is 10.0 Å². The molecule has 0 atom stereocenters. The molecule has 0 aliphatic carbocycles. The van der Waals surface area contributed by atoms with Crippen LogP contribution in [0.5, 0.6) is 11.5 Å². The van der Waals surface area contributed by atoms with Crippen molar-refractivity contribution in [1.82, 2.24) is 9.38 Å². The van der Waals surface area contributed by atoms with Crippen molar-refractivity contribution in [3.8, 4) is 11.5 Å². The minimum Gasteiger partial charge on any atom is -0.493 e. The van der Waals surface area contributed by atoms with E-state index in [4.69, 9.17) is 9.47 Å². The van der Waals surface area contributed by atoms with Gasteiger partial charge in [-0.05, 0) is 31.2 Å². The van der Waals surface area contributed by atoms with Crippen molar-refractivity contribution in [3.63, 3.8) is 0 Å². The van der Waals surface area contributed by atoms with Crippen molar-refractivity contribution in [2.45, 2.75) is 11.8 Å². The summed E-state index contributed by atoms with van der Waals surface area (Å²) < 4.78 is 40.0. The van der Waals surface area contributed by atoms with Gasteiger partial charge in [-0.2, -0.15) is 0 Å². The number of sulfonamides is 1. The van der Waals surface area contributed by atoms with Crippen molar-refractivity contribution in [1.29, 1.82) is 0 Å². The number of pyridine rings is 1. The zero-order chi connectivity index (χ0) is 17.3. The van der Waals surface area contributed by atoms with Crippen LogP contribution in [0, 0.1) is 6.92 Å². The molecule has 1 N–H and O–H groups in total. The molecule has 2 aromatic heterocycles. The Morgan fingerprint density at radius 1 is 1.12 bits per heavy atom. The Kier molecular flexibility index (Phi) is 4.06. The largest absolute Gasteiger partial charge is 0.493 e. The summed E-state index contributed by atoms with van der Waals surface area (Å²) in [5.41, 5.74) is 1.74. The summed E-state index contributed by atoms with van der Waals surface area (Å²) >= 11 is 0. The Hall–Kier alpha value is -2.74. The molecule has 3 rings (SSSR count). The molecular formula is C16H17N3O4S. The van der Waals surface area contributed by atoms with Crippen LogP contribution in [0.1, 0.15) is 5.69 Å². The van der Waals surface area contributed by atoms with E-state index < -0.39 is 10.0 Å².